The number of allylic oxidation sites excluding steroid dienone is 3. The largest absolute Gasteiger partial charge is 0.495 e. The number of carbonyl (C=O) groups excluding carboxylic acids is 1. The first kappa shape index (κ1) is 12.0. The molecule has 84 valence electrons. The number of hydrogen-bond acceptors (Lipinski definition) is 2. The molecule has 0 N–H and O–H groups in total. The van der Waals surface area contributed by atoms with E-state index in [0.717, 1.165) is 18.6 Å². The molecule has 1 aliphatic rings. The van der Waals surface area contributed by atoms with Crippen LogP contribution < -0.4 is 0 Å². The van der Waals surface area contributed by atoms with Crippen LogP contribution in [0, 0.1) is 11.8 Å². The summed E-state index contributed by atoms with van der Waals surface area (Å²) < 4.78 is 5.57. The highest BCUT2D eigenvalue weighted by Gasteiger charge is 2.28. The van der Waals surface area contributed by atoms with Crippen LogP contribution in [0.2, 0.25) is 0 Å². The Hall–Kier alpha value is -1.05. The molecular weight excluding hydrogens is 188 g/mol. The zero-order valence-electron chi connectivity index (χ0n) is 9.82. The fourth-order valence-corrected chi connectivity index (χ4v) is 1.98. The van der Waals surface area contributed by atoms with Crippen LogP contribution in [-0.4, -0.2) is 11.9 Å². The van der Waals surface area contributed by atoms with E-state index in [1.807, 2.05) is 19.9 Å². The van der Waals surface area contributed by atoms with Crippen molar-refractivity contribution >= 4 is 5.78 Å². The average molecular weight is 208 g/mol. The standard InChI is InChI=1S/C13H20O2/c1-5-6-12-10(4)7-11(8-13(12)14)15-9(2)3/h5,8-10,12H,1,6-7H2,2-4H3. The third kappa shape index (κ3) is 3.22. The monoisotopic (exact) mass is 208 g/mol. The summed E-state index contributed by atoms with van der Waals surface area (Å²) in [6, 6.07) is 0. The molecule has 1 aliphatic carbocycles. The lowest BCUT2D eigenvalue weighted by atomic mass is 9.80. The van der Waals surface area contributed by atoms with Crippen molar-refractivity contribution in [2.45, 2.75) is 39.7 Å². The molecule has 2 unspecified atom stereocenters. The zero-order chi connectivity index (χ0) is 11.4. The van der Waals surface area contributed by atoms with Gasteiger partial charge in [-0.1, -0.05) is 13.0 Å². The van der Waals surface area contributed by atoms with E-state index in [2.05, 4.69) is 13.5 Å². The molecule has 0 bridgehead atoms. The molecule has 0 aromatic rings. The molecule has 0 saturated heterocycles. The fraction of sp³-hybridized carbons (Fsp3) is 0.615. The summed E-state index contributed by atoms with van der Waals surface area (Å²) in [6.07, 6.45) is 5.26. The lowest BCUT2D eigenvalue weighted by molar-refractivity contribution is -0.120. The summed E-state index contributed by atoms with van der Waals surface area (Å²) in [6.45, 7) is 9.74. The second kappa shape index (κ2) is 5.15. The molecule has 0 spiro atoms. The van der Waals surface area contributed by atoms with Crippen LogP contribution in [0.4, 0.5) is 0 Å². The predicted molar refractivity (Wildman–Crippen MR) is 61.4 cm³/mol. The molecule has 0 aromatic heterocycles. The summed E-state index contributed by atoms with van der Waals surface area (Å²) in [7, 11) is 0. The van der Waals surface area contributed by atoms with Crippen LogP contribution >= 0.6 is 0 Å². The first-order valence-corrected chi connectivity index (χ1v) is 5.56. The highest BCUT2D eigenvalue weighted by Crippen LogP contribution is 2.30. The van der Waals surface area contributed by atoms with Crippen molar-refractivity contribution in [2.24, 2.45) is 11.8 Å². The van der Waals surface area contributed by atoms with E-state index in [9.17, 15) is 4.79 Å². The Balaban J connectivity index is 2.70. The molecule has 0 aromatic carbocycles. The smallest absolute Gasteiger partial charge is 0.162 e. The highest BCUT2D eigenvalue weighted by molar-refractivity contribution is 5.93. The number of rotatable bonds is 4. The molecule has 0 aliphatic heterocycles. The molecule has 2 heteroatoms. The third-order valence-electron chi connectivity index (χ3n) is 2.69. The fourth-order valence-electron chi connectivity index (χ4n) is 1.98. The van der Waals surface area contributed by atoms with E-state index in [1.54, 1.807) is 6.08 Å². The number of carbonyl (C=O) groups is 1. The third-order valence-corrected chi connectivity index (χ3v) is 2.69. The molecule has 0 fully saturated rings. The second-order valence-corrected chi connectivity index (χ2v) is 4.49. The molecule has 2 atom stereocenters. The summed E-state index contributed by atoms with van der Waals surface area (Å²) in [5.74, 6) is 1.48. The maximum atomic E-state index is 11.8. The van der Waals surface area contributed by atoms with Crippen LogP contribution in [0.3, 0.4) is 0 Å². The minimum absolute atomic E-state index is 0.0991. The molecule has 0 amide bonds. The van der Waals surface area contributed by atoms with Crippen molar-refractivity contribution < 1.29 is 9.53 Å². The quantitative estimate of drug-likeness (QED) is 0.664. The van der Waals surface area contributed by atoms with Crippen molar-refractivity contribution in [3.63, 3.8) is 0 Å². The lowest BCUT2D eigenvalue weighted by Gasteiger charge is -2.27. The van der Waals surface area contributed by atoms with Gasteiger partial charge in [-0.05, 0) is 26.2 Å². The summed E-state index contributed by atoms with van der Waals surface area (Å²) >= 11 is 0. The van der Waals surface area contributed by atoms with Crippen molar-refractivity contribution in [3.05, 3.63) is 24.5 Å². The topological polar surface area (TPSA) is 26.3 Å². The SMILES string of the molecule is C=CCC1C(=O)C=C(OC(C)C)CC1C. The minimum Gasteiger partial charge on any atom is -0.495 e. The first-order chi connectivity index (χ1) is 7.04. The minimum atomic E-state index is 0.0991. The Bertz CT molecular complexity index is 276. The van der Waals surface area contributed by atoms with E-state index in [-0.39, 0.29) is 17.8 Å². The number of hydrogen-bond donors (Lipinski definition) is 0. The van der Waals surface area contributed by atoms with Gasteiger partial charge in [-0.3, -0.25) is 4.79 Å². The molecule has 0 radical (unpaired) electrons. The Morgan fingerprint density at radius 3 is 2.80 bits per heavy atom. The second-order valence-electron chi connectivity index (χ2n) is 4.49. The average Bonchev–Trinajstić information content (AvgIpc) is 2.10. The number of ketones is 1. The normalized spacial score (nSPS) is 26.4. The Morgan fingerprint density at radius 2 is 2.33 bits per heavy atom. The van der Waals surface area contributed by atoms with Gasteiger partial charge < -0.3 is 4.74 Å². The van der Waals surface area contributed by atoms with Gasteiger partial charge in [0.15, 0.2) is 5.78 Å². The maximum Gasteiger partial charge on any atom is 0.162 e. The van der Waals surface area contributed by atoms with E-state index in [1.165, 1.54) is 0 Å². The molecule has 1 rings (SSSR count). The van der Waals surface area contributed by atoms with Crippen LogP contribution in [0.25, 0.3) is 0 Å². The van der Waals surface area contributed by atoms with Gasteiger partial charge in [0.25, 0.3) is 0 Å². The van der Waals surface area contributed by atoms with Crippen LogP contribution in [-0.2, 0) is 9.53 Å². The zero-order valence-corrected chi connectivity index (χ0v) is 9.82. The van der Waals surface area contributed by atoms with Gasteiger partial charge in [-0.15, -0.1) is 6.58 Å². The van der Waals surface area contributed by atoms with Crippen LogP contribution in [0.5, 0.6) is 0 Å². The van der Waals surface area contributed by atoms with Crippen molar-refractivity contribution in [3.8, 4) is 0 Å². The Morgan fingerprint density at radius 1 is 1.67 bits per heavy atom. The lowest BCUT2D eigenvalue weighted by Crippen LogP contribution is -2.26. The van der Waals surface area contributed by atoms with Gasteiger partial charge >= 0.3 is 0 Å². The summed E-state index contributed by atoms with van der Waals surface area (Å²) in [4.78, 5) is 11.8. The van der Waals surface area contributed by atoms with Crippen molar-refractivity contribution in [2.75, 3.05) is 0 Å². The predicted octanol–water partition coefficient (Wildman–Crippen LogP) is 3.10. The highest BCUT2D eigenvalue weighted by atomic mass is 16.5. The van der Waals surface area contributed by atoms with E-state index < -0.39 is 0 Å². The summed E-state index contributed by atoms with van der Waals surface area (Å²) in [5, 5.41) is 0. The molecule has 2 nitrogen and oxygen atoms in total. The molecule has 15 heavy (non-hydrogen) atoms. The van der Waals surface area contributed by atoms with E-state index >= 15 is 0 Å². The molecule has 0 saturated carbocycles. The van der Waals surface area contributed by atoms with Gasteiger partial charge in [-0.2, -0.15) is 0 Å². The Labute approximate surface area is 92.0 Å². The van der Waals surface area contributed by atoms with Gasteiger partial charge in [0.2, 0.25) is 0 Å². The van der Waals surface area contributed by atoms with Crippen molar-refractivity contribution in [1.29, 1.82) is 0 Å². The summed E-state index contributed by atoms with van der Waals surface area (Å²) in [5.41, 5.74) is 0. The van der Waals surface area contributed by atoms with Gasteiger partial charge in [0.1, 0.15) is 5.76 Å². The Kier molecular flexibility index (Phi) is 4.13. The van der Waals surface area contributed by atoms with Crippen LogP contribution in [0.15, 0.2) is 24.5 Å². The van der Waals surface area contributed by atoms with Crippen molar-refractivity contribution in [1.82, 2.24) is 0 Å². The van der Waals surface area contributed by atoms with Gasteiger partial charge in [0, 0.05) is 18.4 Å². The van der Waals surface area contributed by atoms with Crippen LogP contribution in [0.1, 0.15) is 33.6 Å². The maximum absolute atomic E-state index is 11.8. The molecule has 0 heterocycles. The number of ether oxygens (including phenoxy) is 1. The molecular formula is C13H20O2. The van der Waals surface area contributed by atoms with Gasteiger partial charge in [-0.25, -0.2) is 0 Å². The van der Waals surface area contributed by atoms with E-state index in [0.29, 0.717) is 5.92 Å². The van der Waals surface area contributed by atoms with Gasteiger partial charge in [0.05, 0.1) is 6.10 Å². The van der Waals surface area contributed by atoms with E-state index in [4.69, 9.17) is 4.74 Å². The first-order valence-electron chi connectivity index (χ1n) is 5.56.